The first-order valence-electron chi connectivity index (χ1n) is 5.19. The number of likely N-dealkylation sites (N-methyl/N-ethyl adjacent to an activating group) is 1. The molecule has 0 aromatic heterocycles. The molecule has 0 spiro atoms. The molecule has 1 saturated heterocycles. The molecule has 1 N–H and O–H groups in total. The lowest BCUT2D eigenvalue weighted by Gasteiger charge is -2.19. The van der Waals surface area contributed by atoms with Crippen molar-refractivity contribution in [1.82, 2.24) is 4.90 Å². The highest BCUT2D eigenvalue weighted by atomic mass is 19.4. The summed E-state index contributed by atoms with van der Waals surface area (Å²) in [6.45, 7) is 0. The van der Waals surface area contributed by atoms with Crippen molar-refractivity contribution in [2.45, 2.75) is 12.4 Å². The van der Waals surface area contributed by atoms with Gasteiger partial charge in [-0.2, -0.15) is 13.2 Å². The highest BCUT2D eigenvalue weighted by Crippen LogP contribution is 2.33. The molecule has 0 aliphatic carbocycles. The predicted molar refractivity (Wildman–Crippen MR) is 58.1 cm³/mol. The number of aliphatic hydroxyl groups is 1. The molecule has 0 radical (unpaired) electrons. The van der Waals surface area contributed by atoms with Crippen LogP contribution in [0, 0.1) is 0 Å². The molecule has 3 amide bonds. The first-order chi connectivity index (χ1) is 8.73. The number of anilines is 1. The third-order valence-electron chi connectivity index (χ3n) is 2.74. The smallest absolute Gasteiger partial charge is 0.365 e. The number of carbonyl (C=O) groups excluding carboxylic acids is 2. The molecule has 0 unspecified atom stereocenters. The minimum atomic E-state index is -4.57. The molecule has 0 bridgehead atoms. The molecular formula is C11H9F3N2O3. The molecule has 5 nitrogen and oxygen atoms in total. The Balaban J connectivity index is 2.43. The highest BCUT2D eigenvalue weighted by molar-refractivity contribution is 6.13. The molecular weight excluding hydrogens is 265 g/mol. The van der Waals surface area contributed by atoms with E-state index in [0.29, 0.717) is 15.9 Å². The number of nitrogens with zero attached hydrogens (tertiary/aromatic N) is 2. The van der Waals surface area contributed by atoms with Gasteiger partial charge in [-0.15, -0.1) is 0 Å². The van der Waals surface area contributed by atoms with Gasteiger partial charge in [0.25, 0.3) is 5.91 Å². The average molecular weight is 274 g/mol. The molecule has 1 aromatic carbocycles. The molecule has 1 aliphatic rings. The van der Waals surface area contributed by atoms with Crippen LogP contribution in [0.15, 0.2) is 24.3 Å². The first-order valence-corrected chi connectivity index (χ1v) is 5.19. The van der Waals surface area contributed by atoms with Gasteiger partial charge in [0.15, 0.2) is 0 Å². The summed E-state index contributed by atoms with van der Waals surface area (Å²) in [4.78, 5) is 24.3. The number of halogens is 3. The van der Waals surface area contributed by atoms with E-state index in [1.165, 1.54) is 6.07 Å². The van der Waals surface area contributed by atoms with Crippen molar-refractivity contribution >= 4 is 17.6 Å². The Morgan fingerprint density at radius 2 is 1.89 bits per heavy atom. The number of alkyl halides is 3. The van der Waals surface area contributed by atoms with Gasteiger partial charge in [0.2, 0.25) is 6.23 Å². The Bertz CT molecular complexity index is 544. The summed E-state index contributed by atoms with van der Waals surface area (Å²) < 4.78 is 37.7. The topological polar surface area (TPSA) is 60.9 Å². The van der Waals surface area contributed by atoms with Gasteiger partial charge in [-0.1, -0.05) is 6.07 Å². The number of hydrogen-bond donors (Lipinski definition) is 1. The molecule has 1 atom stereocenters. The van der Waals surface area contributed by atoms with E-state index in [1.54, 1.807) is 0 Å². The monoisotopic (exact) mass is 274 g/mol. The maximum absolute atomic E-state index is 12.6. The summed E-state index contributed by atoms with van der Waals surface area (Å²) >= 11 is 0. The number of hydrogen-bond acceptors (Lipinski definition) is 3. The molecule has 1 heterocycles. The van der Waals surface area contributed by atoms with Crippen LogP contribution in [0.4, 0.5) is 23.7 Å². The summed E-state index contributed by atoms with van der Waals surface area (Å²) in [5.74, 6) is -0.887. The zero-order valence-electron chi connectivity index (χ0n) is 9.68. The van der Waals surface area contributed by atoms with E-state index >= 15 is 0 Å². The van der Waals surface area contributed by atoms with Gasteiger partial charge in [0.1, 0.15) is 0 Å². The van der Waals surface area contributed by atoms with E-state index in [0.717, 1.165) is 19.2 Å². The maximum atomic E-state index is 12.6. The largest absolute Gasteiger partial charge is 0.416 e. The van der Waals surface area contributed by atoms with Crippen molar-refractivity contribution in [1.29, 1.82) is 0 Å². The minimum absolute atomic E-state index is 0.190. The number of benzene rings is 1. The summed E-state index contributed by atoms with van der Waals surface area (Å²) in [5, 5.41) is 9.58. The van der Waals surface area contributed by atoms with Gasteiger partial charge in [-0.05, 0) is 18.2 Å². The van der Waals surface area contributed by atoms with Crippen molar-refractivity contribution in [3.8, 4) is 0 Å². The fourth-order valence-electron chi connectivity index (χ4n) is 1.73. The van der Waals surface area contributed by atoms with Crippen LogP contribution in [-0.2, 0) is 11.0 Å². The molecule has 0 saturated carbocycles. The van der Waals surface area contributed by atoms with E-state index in [9.17, 15) is 27.9 Å². The molecule has 2 rings (SSSR count). The van der Waals surface area contributed by atoms with Gasteiger partial charge >= 0.3 is 12.2 Å². The fourth-order valence-corrected chi connectivity index (χ4v) is 1.73. The third-order valence-corrected chi connectivity index (χ3v) is 2.74. The zero-order valence-corrected chi connectivity index (χ0v) is 9.68. The number of carbonyl (C=O) groups is 2. The van der Waals surface area contributed by atoms with Crippen molar-refractivity contribution in [3.05, 3.63) is 29.8 Å². The Morgan fingerprint density at radius 1 is 1.26 bits per heavy atom. The molecule has 19 heavy (non-hydrogen) atoms. The summed E-state index contributed by atoms with van der Waals surface area (Å²) in [6, 6.07) is 2.97. The van der Waals surface area contributed by atoms with E-state index in [-0.39, 0.29) is 5.69 Å². The lowest BCUT2D eigenvalue weighted by molar-refractivity contribution is -0.137. The van der Waals surface area contributed by atoms with Crippen LogP contribution in [0.2, 0.25) is 0 Å². The van der Waals surface area contributed by atoms with Crippen LogP contribution < -0.4 is 4.90 Å². The number of rotatable bonds is 1. The van der Waals surface area contributed by atoms with E-state index in [4.69, 9.17) is 0 Å². The second kappa shape index (κ2) is 4.23. The summed E-state index contributed by atoms with van der Waals surface area (Å²) in [7, 11) is 1.14. The van der Waals surface area contributed by atoms with E-state index in [1.807, 2.05) is 0 Å². The standard InChI is InChI=1S/C11H9F3N2O3/c1-15-8(17)9(18)16(10(15)19)7-4-2-3-6(5-7)11(12,13)14/h2-5,9,18H,1H3/t9-/m0/s1. The Hall–Kier alpha value is -2.09. The SMILES string of the molecule is CN1C(=O)[C@H](O)N(c2cccc(C(F)(F)F)c2)C1=O. The Labute approximate surface area is 105 Å². The second-order valence-electron chi connectivity index (χ2n) is 3.97. The van der Waals surface area contributed by atoms with Crippen LogP contribution in [0.25, 0.3) is 0 Å². The Morgan fingerprint density at radius 3 is 2.37 bits per heavy atom. The summed E-state index contributed by atoms with van der Waals surface area (Å²) in [5.41, 5.74) is -1.16. The van der Waals surface area contributed by atoms with Gasteiger partial charge in [-0.25, -0.2) is 4.79 Å². The third kappa shape index (κ3) is 2.14. The minimum Gasteiger partial charge on any atom is -0.365 e. The van der Waals surface area contributed by atoms with Gasteiger partial charge in [0.05, 0.1) is 5.56 Å². The lowest BCUT2D eigenvalue weighted by Crippen LogP contribution is -2.34. The van der Waals surface area contributed by atoms with Crippen LogP contribution in [-0.4, -0.2) is 35.2 Å². The number of aliphatic hydroxyl groups excluding tert-OH is 1. The van der Waals surface area contributed by atoms with E-state index < -0.39 is 29.9 Å². The number of urea groups is 1. The van der Waals surface area contributed by atoms with E-state index in [2.05, 4.69) is 0 Å². The quantitative estimate of drug-likeness (QED) is 0.788. The van der Waals surface area contributed by atoms with Gasteiger partial charge in [0, 0.05) is 12.7 Å². The van der Waals surface area contributed by atoms with Crippen LogP contribution in [0.3, 0.4) is 0 Å². The normalized spacial score (nSPS) is 20.4. The molecule has 1 fully saturated rings. The first kappa shape index (κ1) is 13.3. The fraction of sp³-hybridized carbons (Fsp3) is 0.273. The molecule has 1 aliphatic heterocycles. The van der Waals surface area contributed by atoms with Gasteiger partial charge < -0.3 is 5.11 Å². The van der Waals surface area contributed by atoms with Gasteiger partial charge in [-0.3, -0.25) is 14.6 Å². The zero-order chi connectivity index (χ0) is 14.4. The predicted octanol–water partition coefficient (Wildman–Crippen LogP) is 1.42. The number of imide groups is 1. The molecule has 8 heteroatoms. The van der Waals surface area contributed by atoms with Crippen molar-refractivity contribution < 1.29 is 27.9 Å². The molecule has 1 aromatic rings. The average Bonchev–Trinajstić information content (AvgIpc) is 2.53. The molecule has 102 valence electrons. The van der Waals surface area contributed by atoms with Crippen LogP contribution >= 0.6 is 0 Å². The van der Waals surface area contributed by atoms with Crippen LogP contribution in [0.5, 0.6) is 0 Å². The maximum Gasteiger partial charge on any atom is 0.416 e. The summed E-state index contributed by atoms with van der Waals surface area (Å²) in [6.07, 6.45) is -6.37. The lowest BCUT2D eigenvalue weighted by atomic mass is 10.2. The Kier molecular flexibility index (Phi) is 2.97. The van der Waals surface area contributed by atoms with Crippen molar-refractivity contribution in [2.75, 3.05) is 11.9 Å². The van der Waals surface area contributed by atoms with Crippen molar-refractivity contribution in [3.63, 3.8) is 0 Å². The van der Waals surface area contributed by atoms with Crippen LogP contribution in [0.1, 0.15) is 5.56 Å². The highest BCUT2D eigenvalue weighted by Gasteiger charge is 2.43. The second-order valence-corrected chi connectivity index (χ2v) is 3.97. The number of amides is 3. The van der Waals surface area contributed by atoms with Crippen molar-refractivity contribution in [2.24, 2.45) is 0 Å².